The van der Waals surface area contributed by atoms with Crippen molar-refractivity contribution in [3.05, 3.63) is 29.8 Å². The molecule has 2 unspecified atom stereocenters. The van der Waals surface area contributed by atoms with E-state index in [1.165, 1.54) is 5.56 Å². The van der Waals surface area contributed by atoms with Gasteiger partial charge in [-0.3, -0.25) is 0 Å². The Hall–Kier alpha value is -1.06. The van der Waals surface area contributed by atoms with Gasteiger partial charge in [0.05, 0.1) is 12.2 Å². The van der Waals surface area contributed by atoms with Crippen LogP contribution < -0.4 is 10.1 Å². The fourth-order valence-corrected chi connectivity index (χ4v) is 2.30. The molecule has 3 nitrogen and oxygen atoms in total. The molecule has 1 aromatic rings. The number of hydrogen-bond donors (Lipinski definition) is 1. The molecule has 20 heavy (non-hydrogen) atoms. The van der Waals surface area contributed by atoms with E-state index >= 15 is 0 Å². The van der Waals surface area contributed by atoms with Crippen LogP contribution in [0.15, 0.2) is 24.3 Å². The first-order chi connectivity index (χ1) is 9.42. The largest absolute Gasteiger partial charge is 0.491 e. The highest BCUT2D eigenvalue weighted by atomic mass is 16.5. The fourth-order valence-electron chi connectivity index (χ4n) is 2.30. The molecule has 1 aliphatic rings. The molecule has 1 fully saturated rings. The summed E-state index contributed by atoms with van der Waals surface area (Å²) in [6.45, 7) is 10.2. The number of nitrogens with one attached hydrogen (secondary N) is 1. The van der Waals surface area contributed by atoms with Crippen molar-refractivity contribution in [3.63, 3.8) is 0 Å². The summed E-state index contributed by atoms with van der Waals surface area (Å²) in [6, 6.07) is 8.17. The number of aryl methyl sites for hydroxylation is 1. The molecule has 0 bridgehead atoms. The zero-order valence-electron chi connectivity index (χ0n) is 13.1. The molecule has 0 amide bonds. The maximum Gasteiger partial charge on any atom is 0.119 e. The first-order valence-corrected chi connectivity index (χ1v) is 7.52. The summed E-state index contributed by atoms with van der Waals surface area (Å²) in [5, 5.41) is 3.50. The Morgan fingerprint density at radius 2 is 1.80 bits per heavy atom. The van der Waals surface area contributed by atoms with Crippen LogP contribution >= 0.6 is 0 Å². The first-order valence-electron chi connectivity index (χ1n) is 7.52. The maximum atomic E-state index is 6.01. The van der Waals surface area contributed by atoms with Crippen molar-refractivity contribution < 1.29 is 9.47 Å². The van der Waals surface area contributed by atoms with Crippen molar-refractivity contribution in [3.8, 4) is 5.75 Å². The highest BCUT2D eigenvalue weighted by molar-refractivity contribution is 5.26. The van der Waals surface area contributed by atoms with E-state index in [-0.39, 0.29) is 11.6 Å². The van der Waals surface area contributed by atoms with Gasteiger partial charge in [0.15, 0.2) is 0 Å². The predicted molar refractivity (Wildman–Crippen MR) is 82.3 cm³/mol. The summed E-state index contributed by atoms with van der Waals surface area (Å²) in [5.74, 6) is 0.926. The molecule has 0 radical (unpaired) electrons. The Kier molecular flexibility index (Phi) is 5.06. The lowest BCUT2D eigenvalue weighted by molar-refractivity contribution is 0.0162. The molecule has 1 heterocycles. The average Bonchev–Trinajstić information content (AvgIpc) is 2.83. The highest BCUT2D eigenvalue weighted by Crippen LogP contribution is 2.21. The van der Waals surface area contributed by atoms with Gasteiger partial charge in [-0.15, -0.1) is 0 Å². The van der Waals surface area contributed by atoms with E-state index in [1.807, 2.05) is 12.1 Å². The summed E-state index contributed by atoms with van der Waals surface area (Å²) in [7, 11) is 0. The van der Waals surface area contributed by atoms with E-state index in [2.05, 4.69) is 45.1 Å². The molecule has 112 valence electrons. The van der Waals surface area contributed by atoms with Crippen molar-refractivity contribution in [1.29, 1.82) is 0 Å². The van der Waals surface area contributed by atoms with Crippen LogP contribution in [-0.4, -0.2) is 30.9 Å². The normalized spacial score (nSPS) is 23.0. The first kappa shape index (κ1) is 15.3. The van der Waals surface area contributed by atoms with Crippen LogP contribution in [0.5, 0.6) is 5.75 Å². The van der Waals surface area contributed by atoms with Gasteiger partial charge in [0.2, 0.25) is 0 Å². The molecule has 1 aromatic carbocycles. The zero-order chi connectivity index (χ0) is 14.6. The minimum Gasteiger partial charge on any atom is -0.491 e. The Labute approximate surface area is 122 Å². The van der Waals surface area contributed by atoms with Crippen LogP contribution in [0, 0.1) is 6.92 Å². The molecule has 0 spiro atoms. The van der Waals surface area contributed by atoms with Gasteiger partial charge in [0.25, 0.3) is 0 Å². The number of ether oxygens (including phenoxy) is 2. The van der Waals surface area contributed by atoms with Crippen LogP contribution in [0.1, 0.15) is 39.2 Å². The van der Waals surface area contributed by atoms with Gasteiger partial charge in [0.1, 0.15) is 12.4 Å². The molecule has 1 aliphatic heterocycles. The molecular formula is C17H27NO2. The SMILES string of the molecule is Cc1ccc(OCC2CCC(CNC(C)(C)C)O2)cc1. The monoisotopic (exact) mass is 277 g/mol. The molecule has 0 aliphatic carbocycles. The molecule has 2 rings (SSSR count). The second-order valence-corrected chi connectivity index (χ2v) is 6.71. The van der Waals surface area contributed by atoms with E-state index in [1.54, 1.807) is 0 Å². The van der Waals surface area contributed by atoms with E-state index in [0.717, 1.165) is 25.1 Å². The fraction of sp³-hybridized carbons (Fsp3) is 0.647. The van der Waals surface area contributed by atoms with Gasteiger partial charge in [-0.05, 0) is 52.7 Å². The lowest BCUT2D eigenvalue weighted by Gasteiger charge is -2.23. The Morgan fingerprint density at radius 1 is 1.15 bits per heavy atom. The summed E-state index contributed by atoms with van der Waals surface area (Å²) in [5.41, 5.74) is 1.41. The summed E-state index contributed by atoms with van der Waals surface area (Å²) in [4.78, 5) is 0. The number of rotatable bonds is 5. The van der Waals surface area contributed by atoms with Crippen molar-refractivity contribution in [2.45, 2.75) is 58.3 Å². The Morgan fingerprint density at radius 3 is 2.45 bits per heavy atom. The molecule has 0 aromatic heterocycles. The summed E-state index contributed by atoms with van der Waals surface area (Å²) >= 11 is 0. The van der Waals surface area contributed by atoms with Gasteiger partial charge < -0.3 is 14.8 Å². The second kappa shape index (κ2) is 6.59. The lowest BCUT2D eigenvalue weighted by Crippen LogP contribution is -2.41. The quantitative estimate of drug-likeness (QED) is 0.895. The van der Waals surface area contributed by atoms with Crippen molar-refractivity contribution in [1.82, 2.24) is 5.32 Å². The smallest absolute Gasteiger partial charge is 0.119 e. The van der Waals surface area contributed by atoms with E-state index in [9.17, 15) is 0 Å². The minimum absolute atomic E-state index is 0.153. The maximum absolute atomic E-state index is 6.01. The Balaban J connectivity index is 1.69. The molecule has 1 saturated heterocycles. The third kappa shape index (κ3) is 5.14. The zero-order valence-corrected chi connectivity index (χ0v) is 13.1. The molecule has 0 saturated carbocycles. The van der Waals surface area contributed by atoms with Gasteiger partial charge >= 0.3 is 0 Å². The summed E-state index contributed by atoms with van der Waals surface area (Å²) < 4.78 is 11.8. The lowest BCUT2D eigenvalue weighted by atomic mass is 10.1. The van der Waals surface area contributed by atoms with Crippen LogP contribution in [-0.2, 0) is 4.74 Å². The second-order valence-electron chi connectivity index (χ2n) is 6.71. The van der Waals surface area contributed by atoms with Gasteiger partial charge in [-0.2, -0.15) is 0 Å². The molecule has 2 atom stereocenters. The summed E-state index contributed by atoms with van der Waals surface area (Å²) in [6.07, 6.45) is 2.75. The van der Waals surface area contributed by atoms with Gasteiger partial charge in [-0.1, -0.05) is 17.7 Å². The predicted octanol–water partition coefficient (Wildman–Crippen LogP) is 3.31. The Bertz CT molecular complexity index is 408. The third-order valence-corrected chi connectivity index (χ3v) is 3.51. The third-order valence-electron chi connectivity index (χ3n) is 3.51. The van der Waals surface area contributed by atoms with Gasteiger partial charge in [0, 0.05) is 12.1 Å². The highest BCUT2D eigenvalue weighted by Gasteiger charge is 2.26. The van der Waals surface area contributed by atoms with Gasteiger partial charge in [-0.25, -0.2) is 0 Å². The average molecular weight is 277 g/mol. The van der Waals surface area contributed by atoms with Crippen molar-refractivity contribution in [2.24, 2.45) is 0 Å². The standard InChI is InChI=1S/C17H27NO2/c1-13-5-7-14(8-6-13)19-12-16-10-9-15(20-16)11-18-17(2,3)4/h5-8,15-16,18H,9-12H2,1-4H3. The number of hydrogen-bond acceptors (Lipinski definition) is 3. The van der Waals surface area contributed by atoms with Crippen molar-refractivity contribution >= 4 is 0 Å². The van der Waals surface area contributed by atoms with Crippen LogP contribution in [0.4, 0.5) is 0 Å². The van der Waals surface area contributed by atoms with Crippen LogP contribution in [0.2, 0.25) is 0 Å². The van der Waals surface area contributed by atoms with E-state index < -0.39 is 0 Å². The molecular weight excluding hydrogens is 250 g/mol. The van der Waals surface area contributed by atoms with Crippen LogP contribution in [0.25, 0.3) is 0 Å². The number of benzene rings is 1. The van der Waals surface area contributed by atoms with E-state index in [0.29, 0.717) is 12.7 Å². The van der Waals surface area contributed by atoms with E-state index in [4.69, 9.17) is 9.47 Å². The molecule has 1 N–H and O–H groups in total. The topological polar surface area (TPSA) is 30.5 Å². The minimum atomic E-state index is 0.153. The van der Waals surface area contributed by atoms with Crippen LogP contribution in [0.3, 0.4) is 0 Å². The van der Waals surface area contributed by atoms with Crippen molar-refractivity contribution in [2.75, 3.05) is 13.2 Å². The molecule has 3 heteroatoms.